The molecule has 2 fully saturated rings. The third-order valence-corrected chi connectivity index (χ3v) is 4.43. The molecule has 1 N–H and O–H groups in total. The molecule has 3 rings (SSSR count). The van der Waals surface area contributed by atoms with Crippen LogP contribution >= 0.6 is 0 Å². The van der Waals surface area contributed by atoms with E-state index in [2.05, 4.69) is 30.3 Å². The van der Waals surface area contributed by atoms with E-state index in [1.165, 1.54) is 31.2 Å². The summed E-state index contributed by atoms with van der Waals surface area (Å²) >= 11 is 0. The van der Waals surface area contributed by atoms with Crippen molar-refractivity contribution in [2.75, 3.05) is 0 Å². The first kappa shape index (κ1) is 10.3. The van der Waals surface area contributed by atoms with Gasteiger partial charge in [-0.15, -0.1) is 0 Å². The molecule has 0 aliphatic heterocycles. The van der Waals surface area contributed by atoms with E-state index < -0.39 is 0 Å². The highest BCUT2D eigenvalue weighted by atomic mass is 16.3. The Morgan fingerprint density at radius 2 is 1.69 bits per heavy atom. The van der Waals surface area contributed by atoms with Gasteiger partial charge < -0.3 is 5.11 Å². The van der Waals surface area contributed by atoms with E-state index in [4.69, 9.17) is 0 Å². The van der Waals surface area contributed by atoms with Crippen molar-refractivity contribution in [2.24, 2.45) is 5.92 Å². The van der Waals surface area contributed by atoms with E-state index in [1.807, 2.05) is 0 Å². The van der Waals surface area contributed by atoms with Crippen LogP contribution < -0.4 is 0 Å². The van der Waals surface area contributed by atoms with Crippen LogP contribution in [-0.2, 0) is 0 Å². The Hall–Kier alpha value is -0.820. The van der Waals surface area contributed by atoms with E-state index in [0.29, 0.717) is 11.8 Å². The van der Waals surface area contributed by atoms with Crippen LogP contribution in [0.3, 0.4) is 0 Å². The van der Waals surface area contributed by atoms with Gasteiger partial charge in [-0.25, -0.2) is 0 Å². The molecule has 1 heteroatoms. The maximum Gasteiger partial charge on any atom is 0.0681 e. The molecule has 0 spiro atoms. The third kappa shape index (κ3) is 1.78. The average Bonchev–Trinajstić information content (AvgIpc) is 3.12. The number of benzene rings is 1. The monoisotopic (exact) mass is 216 g/mol. The van der Waals surface area contributed by atoms with Gasteiger partial charge in [0, 0.05) is 0 Å². The fraction of sp³-hybridized carbons (Fsp3) is 0.600. The molecule has 2 atom stereocenters. The lowest BCUT2D eigenvalue weighted by molar-refractivity contribution is -0.0185. The van der Waals surface area contributed by atoms with E-state index in [1.54, 1.807) is 0 Å². The molecular weight excluding hydrogens is 196 g/mol. The summed E-state index contributed by atoms with van der Waals surface area (Å²) in [7, 11) is 0. The predicted octanol–water partition coefficient (Wildman–Crippen LogP) is 3.49. The van der Waals surface area contributed by atoms with Gasteiger partial charge in [-0.3, -0.25) is 0 Å². The Morgan fingerprint density at radius 1 is 1.00 bits per heavy atom. The van der Waals surface area contributed by atoms with Crippen LogP contribution in [0.1, 0.15) is 50.0 Å². The number of hydrogen-bond acceptors (Lipinski definition) is 1. The van der Waals surface area contributed by atoms with Gasteiger partial charge >= 0.3 is 0 Å². The molecule has 1 aromatic rings. The Labute approximate surface area is 97.5 Å². The van der Waals surface area contributed by atoms with Crippen molar-refractivity contribution in [2.45, 2.75) is 50.0 Å². The van der Waals surface area contributed by atoms with Crippen molar-refractivity contribution in [3.63, 3.8) is 0 Å². The second-order valence-corrected chi connectivity index (χ2v) is 5.52. The summed E-state index contributed by atoms with van der Waals surface area (Å²) in [4.78, 5) is 0. The highest BCUT2D eigenvalue weighted by molar-refractivity contribution is 5.27. The molecule has 2 aliphatic rings. The predicted molar refractivity (Wildman–Crippen MR) is 65.3 cm³/mol. The van der Waals surface area contributed by atoms with Crippen LogP contribution in [0.25, 0.3) is 0 Å². The van der Waals surface area contributed by atoms with Crippen molar-refractivity contribution >= 4 is 0 Å². The summed E-state index contributed by atoms with van der Waals surface area (Å²) in [5.41, 5.74) is 1.09. The normalized spacial score (nSPS) is 32.3. The molecule has 1 nitrogen and oxygen atoms in total. The topological polar surface area (TPSA) is 20.2 Å². The standard InChI is InChI=1S/C15H20O/c16-15(9-5-2-6-10-15)14-11-13(14)12-7-3-1-4-8-12/h1,3-4,7-8,13-14,16H,2,5-6,9-11H2. The quantitative estimate of drug-likeness (QED) is 0.802. The van der Waals surface area contributed by atoms with Gasteiger partial charge in [0.15, 0.2) is 0 Å². The minimum absolute atomic E-state index is 0.335. The molecule has 1 aromatic carbocycles. The minimum Gasteiger partial charge on any atom is -0.390 e. The van der Waals surface area contributed by atoms with Crippen LogP contribution in [0.4, 0.5) is 0 Å². The Morgan fingerprint density at radius 3 is 2.38 bits per heavy atom. The van der Waals surface area contributed by atoms with E-state index >= 15 is 0 Å². The summed E-state index contributed by atoms with van der Waals surface area (Å²) in [6.07, 6.45) is 7.00. The molecular formula is C15H20O. The van der Waals surface area contributed by atoms with Crippen molar-refractivity contribution < 1.29 is 5.11 Å². The molecule has 0 heterocycles. The van der Waals surface area contributed by atoms with Gasteiger partial charge in [0.2, 0.25) is 0 Å². The first-order valence-corrected chi connectivity index (χ1v) is 6.57. The van der Waals surface area contributed by atoms with E-state index in [-0.39, 0.29) is 5.60 Å². The van der Waals surface area contributed by atoms with Crippen LogP contribution in [0.5, 0.6) is 0 Å². The van der Waals surface area contributed by atoms with Crippen LogP contribution in [-0.4, -0.2) is 10.7 Å². The zero-order chi connectivity index (χ0) is 11.0. The lowest BCUT2D eigenvalue weighted by Crippen LogP contribution is -2.34. The minimum atomic E-state index is -0.335. The third-order valence-electron chi connectivity index (χ3n) is 4.43. The van der Waals surface area contributed by atoms with Gasteiger partial charge in [0.25, 0.3) is 0 Å². The molecule has 0 bridgehead atoms. The SMILES string of the molecule is OC1(C2CC2c2ccccc2)CCCCC1. The summed E-state index contributed by atoms with van der Waals surface area (Å²) in [6.45, 7) is 0. The molecule has 2 unspecified atom stereocenters. The Balaban J connectivity index is 1.71. The van der Waals surface area contributed by atoms with E-state index in [9.17, 15) is 5.11 Å². The Kier molecular flexibility index (Phi) is 2.51. The summed E-state index contributed by atoms with van der Waals surface area (Å²) in [6, 6.07) is 10.7. The molecule has 0 amide bonds. The first-order valence-electron chi connectivity index (χ1n) is 6.57. The van der Waals surface area contributed by atoms with Crippen molar-refractivity contribution in [3.05, 3.63) is 35.9 Å². The van der Waals surface area contributed by atoms with Crippen molar-refractivity contribution in [1.29, 1.82) is 0 Å². The maximum absolute atomic E-state index is 10.6. The van der Waals surface area contributed by atoms with Gasteiger partial charge in [0.05, 0.1) is 5.60 Å². The molecule has 16 heavy (non-hydrogen) atoms. The molecule has 86 valence electrons. The summed E-state index contributed by atoms with van der Waals surface area (Å²) < 4.78 is 0. The van der Waals surface area contributed by atoms with E-state index in [0.717, 1.165) is 12.8 Å². The van der Waals surface area contributed by atoms with Gasteiger partial charge in [0.1, 0.15) is 0 Å². The molecule has 0 aromatic heterocycles. The number of hydrogen-bond donors (Lipinski definition) is 1. The van der Waals surface area contributed by atoms with Crippen LogP contribution in [0.15, 0.2) is 30.3 Å². The van der Waals surface area contributed by atoms with Gasteiger partial charge in [-0.1, -0.05) is 49.6 Å². The highest BCUT2D eigenvalue weighted by Crippen LogP contribution is 2.57. The second-order valence-electron chi connectivity index (χ2n) is 5.52. The van der Waals surface area contributed by atoms with Crippen LogP contribution in [0, 0.1) is 5.92 Å². The molecule has 2 aliphatic carbocycles. The van der Waals surface area contributed by atoms with Crippen LogP contribution in [0.2, 0.25) is 0 Å². The van der Waals surface area contributed by atoms with Gasteiger partial charge in [-0.05, 0) is 36.7 Å². The largest absolute Gasteiger partial charge is 0.390 e. The molecule has 0 radical (unpaired) electrons. The van der Waals surface area contributed by atoms with Crippen molar-refractivity contribution in [3.8, 4) is 0 Å². The van der Waals surface area contributed by atoms with Crippen molar-refractivity contribution in [1.82, 2.24) is 0 Å². The highest BCUT2D eigenvalue weighted by Gasteiger charge is 2.52. The summed E-state index contributed by atoms with van der Waals surface area (Å²) in [5, 5.41) is 10.6. The zero-order valence-corrected chi connectivity index (χ0v) is 9.73. The van der Waals surface area contributed by atoms with Gasteiger partial charge in [-0.2, -0.15) is 0 Å². The number of rotatable bonds is 2. The second kappa shape index (κ2) is 3.89. The fourth-order valence-electron chi connectivity index (χ4n) is 3.39. The Bertz CT molecular complexity index is 351. The molecule has 2 saturated carbocycles. The number of aliphatic hydroxyl groups is 1. The zero-order valence-electron chi connectivity index (χ0n) is 9.73. The summed E-state index contributed by atoms with van der Waals surface area (Å²) in [5.74, 6) is 1.17. The smallest absolute Gasteiger partial charge is 0.0681 e. The first-order chi connectivity index (χ1) is 7.80. The molecule has 0 saturated heterocycles. The fourth-order valence-corrected chi connectivity index (χ4v) is 3.39. The maximum atomic E-state index is 10.6. The lowest BCUT2D eigenvalue weighted by atomic mass is 9.80. The average molecular weight is 216 g/mol. The lowest BCUT2D eigenvalue weighted by Gasteiger charge is -2.32.